The van der Waals surface area contributed by atoms with Gasteiger partial charge in [-0.3, -0.25) is 4.90 Å². The van der Waals surface area contributed by atoms with Crippen LogP contribution in [0.25, 0.3) is 0 Å². The van der Waals surface area contributed by atoms with E-state index in [0.717, 1.165) is 19.5 Å². The van der Waals surface area contributed by atoms with Crippen molar-refractivity contribution in [1.82, 2.24) is 4.90 Å². The van der Waals surface area contributed by atoms with E-state index < -0.39 is 5.60 Å². The maximum Gasteiger partial charge on any atom is 0.0743 e. The third-order valence-electron chi connectivity index (χ3n) is 3.82. The van der Waals surface area contributed by atoms with E-state index in [4.69, 9.17) is 0 Å². The molecule has 2 nitrogen and oxygen atoms in total. The lowest BCUT2D eigenvalue weighted by atomic mass is 10.0. The van der Waals surface area contributed by atoms with Crippen molar-refractivity contribution in [3.8, 4) is 0 Å². The van der Waals surface area contributed by atoms with Gasteiger partial charge in [0, 0.05) is 19.6 Å². The molecule has 0 saturated heterocycles. The third kappa shape index (κ3) is 5.33. The van der Waals surface area contributed by atoms with Gasteiger partial charge in [0.05, 0.1) is 5.60 Å². The van der Waals surface area contributed by atoms with Crippen LogP contribution in [-0.2, 0) is 13.1 Å². The average molecular weight is 283 g/mol. The van der Waals surface area contributed by atoms with Crippen LogP contribution in [0.15, 0.2) is 60.7 Å². The zero-order chi connectivity index (χ0) is 15.1. The van der Waals surface area contributed by atoms with Crippen LogP contribution in [0.3, 0.4) is 0 Å². The lowest BCUT2D eigenvalue weighted by molar-refractivity contribution is 0.0114. The molecule has 2 aromatic rings. The first-order valence-electron chi connectivity index (χ1n) is 7.61. The molecule has 0 aromatic heterocycles. The Kier molecular flexibility index (Phi) is 5.54. The maximum atomic E-state index is 10.4. The van der Waals surface area contributed by atoms with Crippen LogP contribution in [0.1, 0.15) is 31.4 Å². The molecule has 1 unspecified atom stereocenters. The van der Waals surface area contributed by atoms with Crippen molar-refractivity contribution < 1.29 is 5.11 Å². The SMILES string of the molecule is CCC(C)(O)CN(Cc1ccccc1)Cc1ccccc1. The average Bonchev–Trinajstić information content (AvgIpc) is 2.49. The molecule has 112 valence electrons. The van der Waals surface area contributed by atoms with E-state index in [1.165, 1.54) is 11.1 Å². The van der Waals surface area contributed by atoms with Crippen LogP contribution in [-0.4, -0.2) is 22.2 Å². The van der Waals surface area contributed by atoms with E-state index in [1.807, 2.05) is 26.0 Å². The summed E-state index contributed by atoms with van der Waals surface area (Å²) in [5, 5.41) is 10.4. The maximum absolute atomic E-state index is 10.4. The molecular weight excluding hydrogens is 258 g/mol. The summed E-state index contributed by atoms with van der Waals surface area (Å²) >= 11 is 0. The molecule has 0 fully saturated rings. The molecule has 2 rings (SSSR count). The van der Waals surface area contributed by atoms with E-state index >= 15 is 0 Å². The highest BCUT2D eigenvalue weighted by molar-refractivity contribution is 5.17. The van der Waals surface area contributed by atoms with E-state index in [2.05, 4.69) is 53.4 Å². The first kappa shape index (κ1) is 15.7. The van der Waals surface area contributed by atoms with Crippen molar-refractivity contribution in [2.45, 2.75) is 39.0 Å². The van der Waals surface area contributed by atoms with Crippen molar-refractivity contribution in [2.24, 2.45) is 0 Å². The Morgan fingerprint density at radius 2 is 1.29 bits per heavy atom. The Morgan fingerprint density at radius 3 is 1.67 bits per heavy atom. The van der Waals surface area contributed by atoms with E-state index in [9.17, 15) is 5.11 Å². The van der Waals surface area contributed by atoms with Crippen molar-refractivity contribution >= 4 is 0 Å². The molecule has 1 atom stereocenters. The van der Waals surface area contributed by atoms with E-state index in [1.54, 1.807) is 0 Å². The van der Waals surface area contributed by atoms with Gasteiger partial charge in [0.1, 0.15) is 0 Å². The molecule has 0 spiro atoms. The van der Waals surface area contributed by atoms with Crippen LogP contribution in [0.2, 0.25) is 0 Å². The summed E-state index contributed by atoms with van der Waals surface area (Å²) in [6, 6.07) is 20.9. The molecule has 2 aromatic carbocycles. The van der Waals surface area contributed by atoms with E-state index in [0.29, 0.717) is 6.54 Å². The molecule has 21 heavy (non-hydrogen) atoms. The van der Waals surface area contributed by atoms with Crippen molar-refractivity contribution in [2.75, 3.05) is 6.54 Å². The minimum atomic E-state index is -0.649. The Balaban J connectivity index is 2.10. The van der Waals surface area contributed by atoms with Crippen molar-refractivity contribution in [3.63, 3.8) is 0 Å². The fraction of sp³-hybridized carbons (Fsp3) is 0.368. The van der Waals surface area contributed by atoms with Gasteiger partial charge in [0.15, 0.2) is 0 Å². The number of rotatable bonds is 7. The van der Waals surface area contributed by atoms with Gasteiger partial charge in [-0.1, -0.05) is 67.6 Å². The number of nitrogens with zero attached hydrogens (tertiary/aromatic N) is 1. The summed E-state index contributed by atoms with van der Waals surface area (Å²) in [6.45, 7) is 6.32. The van der Waals surface area contributed by atoms with Gasteiger partial charge in [0.2, 0.25) is 0 Å². The molecule has 0 amide bonds. The number of hydrogen-bond acceptors (Lipinski definition) is 2. The Bertz CT molecular complexity index is 480. The van der Waals surface area contributed by atoms with Gasteiger partial charge in [-0.25, -0.2) is 0 Å². The van der Waals surface area contributed by atoms with Gasteiger partial charge < -0.3 is 5.11 Å². The summed E-state index contributed by atoms with van der Waals surface area (Å²) in [6.07, 6.45) is 0.757. The molecule has 0 aliphatic heterocycles. The predicted octanol–water partition coefficient (Wildman–Crippen LogP) is 3.85. The Morgan fingerprint density at radius 1 is 0.857 bits per heavy atom. The first-order valence-corrected chi connectivity index (χ1v) is 7.61. The highest BCUT2D eigenvalue weighted by atomic mass is 16.3. The lowest BCUT2D eigenvalue weighted by Crippen LogP contribution is -2.39. The third-order valence-corrected chi connectivity index (χ3v) is 3.82. The first-order chi connectivity index (χ1) is 10.1. The van der Waals surface area contributed by atoms with Gasteiger partial charge >= 0.3 is 0 Å². The van der Waals surface area contributed by atoms with Crippen LogP contribution in [0.4, 0.5) is 0 Å². The number of hydrogen-bond donors (Lipinski definition) is 1. The normalized spacial score (nSPS) is 14.1. The summed E-state index contributed by atoms with van der Waals surface area (Å²) in [5.41, 5.74) is 1.91. The number of benzene rings is 2. The van der Waals surface area contributed by atoms with E-state index in [-0.39, 0.29) is 0 Å². The Labute approximate surface area is 128 Å². The predicted molar refractivity (Wildman–Crippen MR) is 87.9 cm³/mol. The van der Waals surface area contributed by atoms with Gasteiger partial charge in [-0.05, 0) is 24.5 Å². The molecule has 1 N–H and O–H groups in total. The number of aliphatic hydroxyl groups is 1. The highest BCUT2D eigenvalue weighted by Crippen LogP contribution is 2.16. The molecule has 0 radical (unpaired) electrons. The van der Waals surface area contributed by atoms with Crippen LogP contribution in [0.5, 0.6) is 0 Å². The molecule has 0 heterocycles. The molecular formula is C19H25NO. The summed E-state index contributed by atoms with van der Waals surface area (Å²) in [5.74, 6) is 0. The highest BCUT2D eigenvalue weighted by Gasteiger charge is 2.22. The van der Waals surface area contributed by atoms with Crippen molar-refractivity contribution in [3.05, 3.63) is 71.8 Å². The monoisotopic (exact) mass is 283 g/mol. The summed E-state index contributed by atoms with van der Waals surface area (Å²) in [7, 11) is 0. The standard InChI is InChI=1S/C19H25NO/c1-3-19(2,21)16-20(14-17-10-6-4-7-11-17)15-18-12-8-5-9-13-18/h4-13,21H,3,14-16H2,1-2H3. The van der Waals surface area contributed by atoms with Gasteiger partial charge in [-0.15, -0.1) is 0 Å². The smallest absolute Gasteiger partial charge is 0.0743 e. The zero-order valence-corrected chi connectivity index (χ0v) is 13.0. The van der Waals surface area contributed by atoms with Gasteiger partial charge in [0.25, 0.3) is 0 Å². The van der Waals surface area contributed by atoms with Gasteiger partial charge in [-0.2, -0.15) is 0 Å². The molecule has 0 aliphatic rings. The van der Waals surface area contributed by atoms with Crippen LogP contribution < -0.4 is 0 Å². The topological polar surface area (TPSA) is 23.5 Å². The molecule has 0 aliphatic carbocycles. The second kappa shape index (κ2) is 7.39. The van der Waals surface area contributed by atoms with Crippen LogP contribution in [0, 0.1) is 0 Å². The minimum absolute atomic E-state index is 0.649. The largest absolute Gasteiger partial charge is 0.389 e. The lowest BCUT2D eigenvalue weighted by Gasteiger charge is -2.31. The van der Waals surface area contributed by atoms with Crippen molar-refractivity contribution in [1.29, 1.82) is 0 Å². The zero-order valence-electron chi connectivity index (χ0n) is 13.0. The Hall–Kier alpha value is -1.64. The second-order valence-electron chi connectivity index (χ2n) is 5.97. The fourth-order valence-corrected chi connectivity index (χ4v) is 2.44. The minimum Gasteiger partial charge on any atom is -0.389 e. The quantitative estimate of drug-likeness (QED) is 0.834. The fourth-order valence-electron chi connectivity index (χ4n) is 2.44. The second-order valence-corrected chi connectivity index (χ2v) is 5.97. The van der Waals surface area contributed by atoms with Crippen LogP contribution >= 0.6 is 0 Å². The molecule has 2 heteroatoms. The summed E-state index contributed by atoms with van der Waals surface area (Å²) in [4.78, 5) is 2.31. The molecule has 0 bridgehead atoms. The molecule has 0 saturated carbocycles. The summed E-state index contributed by atoms with van der Waals surface area (Å²) < 4.78 is 0.